The molecule has 2 aromatic heterocycles. The van der Waals surface area contributed by atoms with E-state index in [-0.39, 0.29) is 0 Å². The molecule has 2 heterocycles. The van der Waals surface area contributed by atoms with E-state index in [1.54, 1.807) is 6.26 Å². The quantitative estimate of drug-likeness (QED) is 0.791. The zero-order valence-corrected chi connectivity index (χ0v) is 7.86. The van der Waals surface area contributed by atoms with Crippen molar-refractivity contribution in [3.05, 3.63) is 35.9 Å². The minimum atomic E-state index is 0.580. The zero-order chi connectivity index (χ0) is 9.80. The minimum absolute atomic E-state index is 0.580. The van der Waals surface area contributed by atoms with Crippen LogP contribution < -0.4 is 5.32 Å². The Labute approximate surface area is 81.1 Å². The Balaban J connectivity index is 1.81. The van der Waals surface area contributed by atoms with Gasteiger partial charge in [0.05, 0.1) is 19.4 Å². The third-order valence-corrected chi connectivity index (χ3v) is 1.94. The lowest BCUT2D eigenvalue weighted by molar-refractivity contribution is 0.405. The van der Waals surface area contributed by atoms with Crippen LogP contribution in [0.1, 0.15) is 17.1 Å². The first-order valence-electron chi connectivity index (χ1n) is 4.35. The monoisotopic (exact) mass is 193 g/mol. The van der Waals surface area contributed by atoms with Crippen molar-refractivity contribution in [3.63, 3.8) is 0 Å². The van der Waals surface area contributed by atoms with Crippen LogP contribution in [0.2, 0.25) is 0 Å². The van der Waals surface area contributed by atoms with Crippen LogP contribution in [0.5, 0.6) is 0 Å². The molecular formula is C9H11N3O2. The van der Waals surface area contributed by atoms with E-state index in [2.05, 4.69) is 20.0 Å². The second-order valence-electron chi connectivity index (χ2n) is 2.98. The standard InChI is InChI=1S/C9H11N3O2/c1-7-2-3-13-8(7)4-10-5-9-11-6-14-12-9/h2-3,6,10H,4-5H2,1H3. The predicted octanol–water partition coefficient (Wildman–Crippen LogP) is 1.26. The summed E-state index contributed by atoms with van der Waals surface area (Å²) in [5, 5.41) is 6.83. The van der Waals surface area contributed by atoms with E-state index >= 15 is 0 Å². The maximum Gasteiger partial charge on any atom is 0.213 e. The Kier molecular flexibility index (Phi) is 2.60. The lowest BCUT2D eigenvalue weighted by Gasteiger charge is -1.99. The zero-order valence-electron chi connectivity index (χ0n) is 7.86. The number of hydrogen-bond acceptors (Lipinski definition) is 5. The average molecular weight is 193 g/mol. The fourth-order valence-corrected chi connectivity index (χ4v) is 1.14. The molecule has 0 aliphatic carbocycles. The van der Waals surface area contributed by atoms with Crippen LogP contribution in [-0.2, 0) is 13.1 Å². The Hall–Kier alpha value is -1.62. The summed E-state index contributed by atoms with van der Waals surface area (Å²) in [6.45, 7) is 3.26. The number of rotatable bonds is 4. The molecule has 0 aromatic carbocycles. The third kappa shape index (κ3) is 2.00. The van der Waals surface area contributed by atoms with Crippen LogP contribution in [0.25, 0.3) is 0 Å². The smallest absolute Gasteiger partial charge is 0.213 e. The highest BCUT2D eigenvalue weighted by atomic mass is 16.5. The third-order valence-electron chi connectivity index (χ3n) is 1.94. The van der Waals surface area contributed by atoms with E-state index in [9.17, 15) is 0 Å². The summed E-state index contributed by atoms with van der Waals surface area (Å²) in [6, 6.07) is 1.94. The molecule has 14 heavy (non-hydrogen) atoms. The summed E-state index contributed by atoms with van der Waals surface area (Å²) in [6.07, 6.45) is 3.00. The van der Waals surface area contributed by atoms with Crippen molar-refractivity contribution in [2.24, 2.45) is 0 Å². The molecule has 1 N–H and O–H groups in total. The van der Waals surface area contributed by atoms with Gasteiger partial charge in [-0.1, -0.05) is 5.16 Å². The summed E-state index contributed by atoms with van der Waals surface area (Å²) in [5.74, 6) is 1.59. The van der Waals surface area contributed by atoms with Gasteiger partial charge in [-0.3, -0.25) is 0 Å². The first kappa shape index (κ1) is 8.96. The van der Waals surface area contributed by atoms with Crippen LogP contribution in [0.4, 0.5) is 0 Å². The summed E-state index contributed by atoms with van der Waals surface area (Å²) in [7, 11) is 0. The molecule has 74 valence electrons. The van der Waals surface area contributed by atoms with Crippen LogP contribution in [0.15, 0.2) is 27.7 Å². The van der Waals surface area contributed by atoms with Gasteiger partial charge in [0.25, 0.3) is 0 Å². The summed E-state index contributed by atoms with van der Waals surface area (Å²) >= 11 is 0. The normalized spacial score (nSPS) is 10.6. The van der Waals surface area contributed by atoms with Crippen LogP contribution in [-0.4, -0.2) is 10.1 Å². The molecule has 2 aromatic rings. The van der Waals surface area contributed by atoms with Gasteiger partial charge in [0.1, 0.15) is 5.76 Å². The molecule has 0 fully saturated rings. The highest BCUT2D eigenvalue weighted by Gasteiger charge is 2.02. The highest BCUT2D eigenvalue weighted by Crippen LogP contribution is 2.07. The van der Waals surface area contributed by atoms with Crippen molar-refractivity contribution < 1.29 is 8.94 Å². The SMILES string of the molecule is Cc1ccoc1CNCc1ncon1. The van der Waals surface area contributed by atoms with E-state index in [0.717, 1.165) is 11.3 Å². The van der Waals surface area contributed by atoms with Gasteiger partial charge < -0.3 is 14.3 Å². The molecule has 0 radical (unpaired) electrons. The second kappa shape index (κ2) is 4.06. The number of aromatic nitrogens is 2. The van der Waals surface area contributed by atoms with Crippen molar-refractivity contribution in [1.29, 1.82) is 0 Å². The predicted molar refractivity (Wildman–Crippen MR) is 48.3 cm³/mol. The molecule has 5 heteroatoms. The second-order valence-corrected chi connectivity index (χ2v) is 2.98. The van der Waals surface area contributed by atoms with Gasteiger partial charge in [0.2, 0.25) is 6.39 Å². The average Bonchev–Trinajstić information content (AvgIpc) is 2.78. The molecule has 0 saturated carbocycles. The van der Waals surface area contributed by atoms with E-state index in [1.165, 1.54) is 6.39 Å². The summed E-state index contributed by atoms with van der Waals surface area (Å²) in [4.78, 5) is 3.89. The van der Waals surface area contributed by atoms with Gasteiger partial charge in [-0.05, 0) is 18.6 Å². The molecule has 0 saturated heterocycles. The van der Waals surface area contributed by atoms with Gasteiger partial charge in [0.15, 0.2) is 5.82 Å². The molecule has 0 bridgehead atoms. The molecular weight excluding hydrogens is 182 g/mol. The van der Waals surface area contributed by atoms with Crippen molar-refractivity contribution in [2.75, 3.05) is 0 Å². The van der Waals surface area contributed by atoms with Crippen molar-refractivity contribution in [1.82, 2.24) is 15.5 Å². The Morgan fingerprint density at radius 1 is 1.43 bits per heavy atom. The van der Waals surface area contributed by atoms with Gasteiger partial charge in [-0.25, -0.2) is 0 Å². The molecule has 0 aliphatic rings. The molecule has 0 amide bonds. The first-order chi connectivity index (χ1) is 6.86. The number of aryl methyl sites for hydroxylation is 1. The minimum Gasteiger partial charge on any atom is -0.468 e. The maximum atomic E-state index is 5.26. The number of hydrogen-bond donors (Lipinski definition) is 1. The van der Waals surface area contributed by atoms with E-state index in [1.807, 2.05) is 13.0 Å². The Morgan fingerprint density at radius 3 is 3.00 bits per heavy atom. The number of nitrogens with zero attached hydrogens (tertiary/aromatic N) is 2. The van der Waals surface area contributed by atoms with Crippen molar-refractivity contribution in [2.45, 2.75) is 20.0 Å². The largest absolute Gasteiger partial charge is 0.468 e. The molecule has 0 atom stereocenters. The molecule has 2 rings (SSSR count). The van der Waals surface area contributed by atoms with E-state index in [4.69, 9.17) is 4.42 Å². The Bertz CT molecular complexity index is 380. The first-order valence-corrected chi connectivity index (χ1v) is 4.35. The van der Waals surface area contributed by atoms with E-state index < -0.39 is 0 Å². The topological polar surface area (TPSA) is 64.1 Å². The molecule has 5 nitrogen and oxygen atoms in total. The fourth-order valence-electron chi connectivity index (χ4n) is 1.14. The lowest BCUT2D eigenvalue weighted by Crippen LogP contribution is -2.13. The van der Waals surface area contributed by atoms with Crippen molar-refractivity contribution in [3.8, 4) is 0 Å². The molecule has 0 unspecified atom stereocenters. The number of furan rings is 1. The molecule has 0 spiro atoms. The van der Waals surface area contributed by atoms with Crippen LogP contribution in [0.3, 0.4) is 0 Å². The summed E-state index contributed by atoms with van der Waals surface area (Å²) in [5.41, 5.74) is 1.14. The van der Waals surface area contributed by atoms with E-state index in [0.29, 0.717) is 18.9 Å². The maximum absolute atomic E-state index is 5.26. The number of nitrogens with one attached hydrogen (secondary N) is 1. The Morgan fingerprint density at radius 2 is 2.36 bits per heavy atom. The molecule has 0 aliphatic heterocycles. The lowest BCUT2D eigenvalue weighted by atomic mass is 10.3. The van der Waals surface area contributed by atoms with Gasteiger partial charge in [-0.2, -0.15) is 4.98 Å². The van der Waals surface area contributed by atoms with Crippen molar-refractivity contribution >= 4 is 0 Å². The van der Waals surface area contributed by atoms with Crippen LogP contribution >= 0.6 is 0 Å². The van der Waals surface area contributed by atoms with Gasteiger partial charge in [0, 0.05) is 0 Å². The van der Waals surface area contributed by atoms with Gasteiger partial charge >= 0.3 is 0 Å². The van der Waals surface area contributed by atoms with Gasteiger partial charge in [-0.15, -0.1) is 0 Å². The highest BCUT2D eigenvalue weighted by molar-refractivity contribution is 5.14. The summed E-state index contributed by atoms with van der Waals surface area (Å²) < 4.78 is 9.86. The van der Waals surface area contributed by atoms with Crippen LogP contribution in [0, 0.1) is 6.92 Å². The fraction of sp³-hybridized carbons (Fsp3) is 0.333.